The summed E-state index contributed by atoms with van der Waals surface area (Å²) in [6.07, 6.45) is 0.591. The van der Waals surface area contributed by atoms with Crippen molar-refractivity contribution in [2.45, 2.75) is 39.7 Å². The van der Waals surface area contributed by atoms with Crippen molar-refractivity contribution in [2.75, 3.05) is 26.7 Å². The van der Waals surface area contributed by atoms with E-state index in [-0.39, 0.29) is 30.5 Å². The summed E-state index contributed by atoms with van der Waals surface area (Å²) in [5.41, 5.74) is 10.5. The van der Waals surface area contributed by atoms with E-state index in [1.165, 1.54) is 4.88 Å². The van der Waals surface area contributed by atoms with Crippen LogP contribution < -0.4 is 21.1 Å². The molecule has 1 aliphatic heterocycles. The minimum atomic E-state index is -0.565. The van der Waals surface area contributed by atoms with Crippen LogP contribution in [0.2, 0.25) is 5.02 Å². The van der Waals surface area contributed by atoms with Crippen LogP contribution in [0.3, 0.4) is 0 Å². The fourth-order valence-corrected chi connectivity index (χ4v) is 6.92. The molecule has 1 atom stereocenters. The highest BCUT2D eigenvalue weighted by Gasteiger charge is 2.32. The highest BCUT2D eigenvalue weighted by molar-refractivity contribution is 7.15. The van der Waals surface area contributed by atoms with Crippen molar-refractivity contribution in [1.82, 2.24) is 25.4 Å². The number of carbonyl (C=O) groups is 2. The normalized spacial score (nSPS) is 13.5. The molecule has 6 rings (SSSR count). The Bertz CT molecular complexity index is 2120. The first-order valence-corrected chi connectivity index (χ1v) is 16.6. The average molecular weight is 684 g/mol. The zero-order valence-electron chi connectivity index (χ0n) is 26.9. The van der Waals surface area contributed by atoms with E-state index in [0.29, 0.717) is 47.3 Å². The molecule has 0 saturated carbocycles. The van der Waals surface area contributed by atoms with E-state index in [9.17, 15) is 9.59 Å². The minimum absolute atomic E-state index is 0.0780. The van der Waals surface area contributed by atoms with Crippen molar-refractivity contribution < 1.29 is 18.7 Å². The van der Waals surface area contributed by atoms with Gasteiger partial charge in [0.25, 0.3) is 5.91 Å². The summed E-state index contributed by atoms with van der Waals surface area (Å²) in [4.78, 5) is 32.4. The van der Waals surface area contributed by atoms with Crippen molar-refractivity contribution in [3.05, 3.63) is 92.0 Å². The second kappa shape index (κ2) is 14.0. The van der Waals surface area contributed by atoms with Gasteiger partial charge in [0.1, 0.15) is 28.2 Å². The third kappa shape index (κ3) is 6.57. The predicted molar refractivity (Wildman–Crippen MR) is 187 cm³/mol. The van der Waals surface area contributed by atoms with Gasteiger partial charge in [-0.15, -0.1) is 21.5 Å². The third-order valence-electron chi connectivity index (χ3n) is 8.08. The molecule has 0 fully saturated rings. The number of benzene rings is 2. The van der Waals surface area contributed by atoms with Crippen molar-refractivity contribution in [1.29, 1.82) is 0 Å². The van der Waals surface area contributed by atoms with E-state index in [1.54, 1.807) is 36.6 Å². The molecule has 4 heterocycles. The van der Waals surface area contributed by atoms with Gasteiger partial charge in [0.05, 0.1) is 31.4 Å². The Morgan fingerprint density at radius 2 is 1.88 bits per heavy atom. The first-order chi connectivity index (χ1) is 23.2. The Labute approximate surface area is 286 Å². The molecule has 1 aliphatic rings. The monoisotopic (exact) mass is 683 g/mol. The molecule has 13 heteroatoms. The molecule has 3 aromatic heterocycles. The van der Waals surface area contributed by atoms with Crippen LogP contribution in [0, 0.1) is 32.6 Å². The quantitative estimate of drug-likeness (QED) is 0.143. The maximum Gasteiger partial charge on any atom is 0.287 e. The average Bonchev–Trinajstić information content (AvgIpc) is 3.73. The molecule has 4 N–H and O–H groups in total. The molecule has 0 unspecified atom stereocenters. The van der Waals surface area contributed by atoms with E-state index in [2.05, 4.69) is 46.5 Å². The maximum atomic E-state index is 13.2. The Hall–Kier alpha value is -4.96. The van der Waals surface area contributed by atoms with Crippen molar-refractivity contribution in [3.63, 3.8) is 0 Å². The van der Waals surface area contributed by atoms with Crippen LogP contribution >= 0.6 is 22.9 Å². The number of fused-ring (bicyclic) bond motifs is 4. The zero-order chi connectivity index (χ0) is 33.9. The molecule has 5 aromatic rings. The number of ether oxygens (including phenoxy) is 1. The lowest BCUT2D eigenvalue weighted by Gasteiger charge is -2.13. The molecule has 0 bridgehead atoms. The number of aliphatic imine (C=N–C) groups is 1. The first kappa shape index (κ1) is 33.0. The van der Waals surface area contributed by atoms with Gasteiger partial charge in [-0.2, -0.15) is 0 Å². The van der Waals surface area contributed by atoms with Gasteiger partial charge in [-0.25, -0.2) is 0 Å². The van der Waals surface area contributed by atoms with Crippen molar-refractivity contribution >= 4 is 51.4 Å². The summed E-state index contributed by atoms with van der Waals surface area (Å²) in [7, 11) is 1.54. The molecule has 0 aliphatic carbocycles. The molecule has 0 radical (unpaired) electrons. The summed E-state index contributed by atoms with van der Waals surface area (Å²) in [5, 5.41) is 17.0. The number of rotatable bonds is 9. The predicted octanol–water partition coefficient (Wildman–Crippen LogP) is 5.19. The van der Waals surface area contributed by atoms with Gasteiger partial charge >= 0.3 is 0 Å². The Kier molecular flexibility index (Phi) is 9.63. The standard InChI is InChI=1S/C35H34ClN7O4S/c1-19-20(2)48-35-31(19)32(22-8-10-25(36)11-9-22)40-26(33-42-41-21(3)43(33)35)17-30(44)38-13-6-14-39-34(45)29-16-24-15-23(7-5-12-37)27(46-4)18-28(24)47-29/h8-11,15-16,18,26H,6,12-14,17,37H2,1-4H3,(H,38,44)(H,39,45)/t26-/m0/s1. The smallest absolute Gasteiger partial charge is 0.287 e. The van der Waals surface area contributed by atoms with Crippen molar-refractivity contribution in [3.8, 4) is 22.6 Å². The van der Waals surface area contributed by atoms with Crippen LogP contribution in [0.1, 0.15) is 68.2 Å². The zero-order valence-corrected chi connectivity index (χ0v) is 28.5. The van der Waals surface area contributed by atoms with Gasteiger partial charge in [-0.1, -0.05) is 35.6 Å². The molecule has 2 amide bonds. The van der Waals surface area contributed by atoms with E-state index >= 15 is 0 Å². The lowest BCUT2D eigenvalue weighted by atomic mass is 9.99. The largest absolute Gasteiger partial charge is 0.495 e. The second-order valence-corrected chi connectivity index (χ2v) is 12.9. The Morgan fingerprint density at radius 1 is 1.10 bits per heavy atom. The van der Waals surface area contributed by atoms with Crippen LogP contribution in [0.15, 0.2) is 51.9 Å². The van der Waals surface area contributed by atoms with Gasteiger partial charge in [-0.3, -0.25) is 19.1 Å². The molecule has 246 valence electrons. The summed E-state index contributed by atoms with van der Waals surface area (Å²) in [5.74, 6) is 7.28. The first-order valence-electron chi connectivity index (χ1n) is 15.4. The molecular formula is C35H34ClN7O4S. The number of nitrogens with zero attached hydrogens (tertiary/aromatic N) is 4. The Balaban J connectivity index is 1.11. The summed E-state index contributed by atoms with van der Waals surface area (Å²) in [6, 6.07) is 12.2. The van der Waals surface area contributed by atoms with Crippen LogP contribution in [0.4, 0.5) is 0 Å². The molecule has 0 saturated heterocycles. The van der Waals surface area contributed by atoms with E-state index in [1.807, 2.05) is 35.8 Å². The number of thiophene rings is 1. The summed E-state index contributed by atoms with van der Waals surface area (Å²) in [6.45, 7) is 6.99. The fraction of sp³-hybridized carbons (Fsp3) is 0.286. The Morgan fingerprint density at radius 3 is 2.62 bits per heavy atom. The van der Waals surface area contributed by atoms with Gasteiger partial charge in [-0.05, 0) is 57.0 Å². The van der Waals surface area contributed by atoms with Crippen LogP contribution in [0.5, 0.6) is 5.75 Å². The summed E-state index contributed by atoms with van der Waals surface area (Å²) >= 11 is 7.86. The number of aryl methyl sites for hydroxylation is 2. The van der Waals surface area contributed by atoms with Crippen LogP contribution in [-0.2, 0) is 4.79 Å². The molecule has 0 spiro atoms. The number of nitrogens with one attached hydrogen (secondary N) is 2. The number of carbonyl (C=O) groups excluding carboxylic acids is 2. The van der Waals surface area contributed by atoms with E-state index in [4.69, 9.17) is 31.5 Å². The van der Waals surface area contributed by atoms with Crippen molar-refractivity contribution in [2.24, 2.45) is 10.7 Å². The van der Waals surface area contributed by atoms with E-state index in [0.717, 1.165) is 38.6 Å². The van der Waals surface area contributed by atoms with Crippen LogP contribution in [0.25, 0.3) is 16.0 Å². The van der Waals surface area contributed by atoms with Gasteiger partial charge in [0.2, 0.25) is 5.91 Å². The highest BCUT2D eigenvalue weighted by Crippen LogP contribution is 2.39. The minimum Gasteiger partial charge on any atom is -0.495 e. The SMILES string of the molecule is COc1cc2oc(C(=O)NCCCNC(=O)C[C@@H]3N=C(c4ccc(Cl)cc4)c4c(sc(C)c4C)-n4c(C)nnc43)cc2cc1C#CCN. The highest BCUT2D eigenvalue weighted by atomic mass is 35.5. The van der Waals surface area contributed by atoms with E-state index < -0.39 is 6.04 Å². The second-order valence-electron chi connectivity index (χ2n) is 11.3. The van der Waals surface area contributed by atoms with Gasteiger partial charge in [0, 0.05) is 45.6 Å². The fourth-order valence-electron chi connectivity index (χ4n) is 5.58. The number of aromatic nitrogens is 3. The number of halogens is 1. The number of furan rings is 1. The molecule has 11 nitrogen and oxygen atoms in total. The topological polar surface area (TPSA) is 150 Å². The maximum absolute atomic E-state index is 13.2. The number of amides is 2. The molecular weight excluding hydrogens is 650 g/mol. The number of methoxy groups -OCH3 is 1. The number of hydrogen-bond donors (Lipinski definition) is 3. The molecule has 2 aromatic carbocycles. The number of nitrogens with two attached hydrogens (primary N) is 1. The number of hydrogen-bond acceptors (Lipinski definition) is 9. The summed E-state index contributed by atoms with van der Waals surface area (Å²) < 4.78 is 13.2. The van der Waals surface area contributed by atoms with Gasteiger partial charge < -0.3 is 25.5 Å². The molecule has 48 heavy (non-hydrogen) atoms. The lowest BCUT2D eigenvalue weighted by molar-refractivity contribution is -0.121. The van der Waals surface area contributed by atoms with Gasteiger partial charge in [0.15, 0.2) is 11.6 Å². The lowest BCUT2D eigenvalue weighted by Crippen LogP contribution is -2.30. The third-order valence-corrected chi connectivity index (χ3v) is 9.53. The van der Waals surface area contributed by atoms with Crippen LogP contribution in [-0.4, -0.2) is 59.0 Å².